The minimum atomic E-state index is -0.0612. The van der Waals surface area contributed by atoms with E-state index in [-0.39, 0.29) is 6.03 Å². The van der Waals surface area contributed by atoms with Crippen LogP contribution in [0.4, 0.5) is 10.5 Å². The van der Waals surface area contributed by atoms with E-state index in [1.165, 1.54) is 5.69 Å². The number of nitrogens with one attached hydrogen (secondary N) is 1. The summed E-state index contributed by atoms with van der Waals surface area (Å²) < 4.78 is 16.3. The van der Waals surface area contributed by atoms with Crippen molar-refractivity contribution in [3.8, 4) is 17.2 Å². The first kappa shape index (κ1) is 19.7. The molecule has 2 aromatic rings. The molecule has 0 aromatic heterocycles. The quantitative estimate of drug-likeness (QED) is 0.743. The fourth-order valence-corrected chi connectivity index (χ4v) is 3.21. The van der Waals surface area contributed by atoms with Crippen molar-refractivity contribution in [3.05, 3.63) is 48.5 Å². The van der Waals surface area contributed by atoms with Gasteiger partial charge in [0.05, 0.1) is 20.8 Å². The van der Waals surface area contributed by atoms with Gasteiger partial charge in [-0.2, -0.15) is 0 Å². The summed E-state index contributed by atoms with van der Waals surface area (Å²) in [7, 11) is 3.15. The summed E-state index contributed by atoms with van der Waals surface area (Å²) in [6.07, 6.45) is 0. The number of para-hydroxylation sites is 2. The molecule has 0 spiro atoms. The van der Waals surface area contributed by atoms with Gasteiger partial charge in [-0.15, -0.1) is 0 Å². The van der Waals surface area contributed by atoms with Crippen LogP contribution < -0.4 is 24.4 Å². The van der Waals surface area contributed by atoms with Gasteiger partial charge in [0.25, 0.3) is 0 Å². The third-order valence-corrected chi connectivity index (χ3v) is 4.69. The largest absolute Gasteiger partial charge is 0.493 e. The molecule has 150 valence electrons. The fraction of sp³-hybridized carbons (Fsp3) is 0.381. The third-order valence-electron chi connectivity index (χ3n) is 4.69. The maximum Gasteiger partial charge on any atom is 0.317 e. The number of piperazine rings is 1. The van der Waals surface area contributed by atoms with Crippen molar-refractivity contribution in [2.24, 2.45) is 0 Å². The zero-order valence-corrected chi connectivity index (χ0v) is 16.4. The molecule has 0 aliphatic carbocycles. The van der Waals surface area contributed by atoms with Crippen LogP contribution in [-0.2, 0) is 0 Å². The second-order valence-corrected chi connectivity index (χ2v) is 6.38. The van der Waals surface area contributed by atoms with Crippen LogP contribution in [0.3, 0.4) is 0 Å². The molecule has 1 fully saturated rings. The van der Waals surface area contributed by atoms with Gasteiger partial charge in [0.1, 0.15) is 6.61 Å². The Labute approximate surface area is 165 Å². The van der Waals surface area contributed by atoms with E-state index >= 15 is 0 Å². The van der Waals surface area contributed by atoms with Crippen molar-refractivity contribution in [1.82, 2.24) is 10.2 Å². The van der Waals surface area contributed by atoms with E-state index in [0.717, 1.165) is 13.1 Å². The van der Waals surface area contributed by atoms with E-state index in [2.05, 4.69) is 22.3 Å². The number of carbonyl (C=O) groups excluding carboxylic acids is 1. The molecule has 0 bridgehead atoms. The predicted octanol–water partition coefficient (Wildman–Crippen LogP) is 2.61. The zero-order chi connectivity index (χ0) is 19.8. The normalized spacial score (nSPS) is 13.8. The zero-order valence-electron chi connectivity index (χ0n) is 16.4. The Balaban J connectivity index is 1.41. The fourth-order valence-electron chi connectivity index (χ4n) is 3.21. The van der Waals surface area contributed by atoms with Crippen molar-refractivity contribution in [3.63, 3.8) is 0 Å². The first-order valence-corrected chi connectivity index (χ1v) is 9.39. The van der Waals surface area contributed by atoms with Crippen molar-refractivity contribution < 1.29 is 19.0 Å². The van der Waals surface area contributed by atoms with E-state index in [0.29, 0.717) is 43.5 Å². The molecule has 3 rings (SSSR count). The number of urea groups is 1. The molecule has 1 aliphatic heterocycles. The summed E-state index contributed by atoms with van der Waals surface area (Å²) in [5.41, 5.74) is 1.20. The van der Waals surface area contributed by atoms with Gasteiger partial charge in [0.15, 0.2) is 11.5 Å². The summed E-state index contributed by atoms with van der Waals surface area (Å²) >= 11 is 0. The summed E-state index contributed by atoms with van der Waals surface area (Å²) in [4.78, 5) is 16.5. The molecule has 7 nitrogen and oxygen atoms in total. The average molecular weight is 385 g/mol. The lowest BCUT2D eigenvalue weighted by Gasteiger charge is -2.36. The monoisotopic (exact) mass is 385 g/mol. The number of ether oxygens (including phenoxy) is 3. The van der Waals surface area contributed by atoms with Gasteiger partial charge in [-0.1, -0.05) is 24.3 Å². The van der Waals surface area contributed by atoms with E-state index in [1.54, 1.807) is 14.2 Å². The SMILES string of the molecule is COc1cccc(OCCNC(=O)N2CCN(c3ccccc3)CC2)c1OC. The van der Waals surface area contributed by atoms with E-state index in [9.17, 15) is 4.79 Å². The topological polar surface area (TPSA) is 63.3 Å². The maximum atomic E-state index is 12.4. The Morgan fingerprint density at radius 3 is 2.32 bits per heavy atom. The van der Waals surface area contributed by atoms with Crippen LogP contribution in [0.5, 0.6) is 17.2 Å². The van der Waals surface area contributed by atoms with E-state index in [4.69, 9.17) is 14.2 Å². The van der Waals surface area contributed by atoms with Crippen LogP contribution in [0.25, 0.3) is 0 Å². The van der Waals surface area contributed by atoms with Gasteiger partial charge < -0.3 is 29.3 Å². The van der Waals surface area contributed by atoms with Crippen molar-refractivity contribution in [1.29, 1.82) is 0 Å². The van der Waals surface area contributed by atoms with Crippen molar-refractivity contribution in [2.75, 3.05) is 58.5 Å². The number of anilines is 1. The van der Waals surface area contributed by atoms with Gasteiger partial charge in [-0.3, -0.25) is 0 Å². The highest BCUT2D eigenvalue weighted by Gasteiger charge is 2.21. The number of nitrogens with zero attached hydrogens (tertiary/aromatic N) is 2. The first-order chi connectivity index (χ1) is 13.7. The molecule has 0 unspecified atom stereocenters. The highest BCUT2D eigenvalue weighted by atomic mass is 16.5. The van der Waals surface area contributed by atoms with E-state index in [1.807, 2.05) is 41.3 Å². The molecular formula is C21H27N3O4. The van der Waals surface area contributed by atoms with Gasteiger partial charge in [-0.25, -0.2) is 4.79 Å². The Morgan fingerprint density at radius 1 is 0.929 bits per heavy atom. The maximum absolute atomic E-state index is 12.4. The highest BCUT2D eigenvalue weighted by molar-refractivity contribution is 5.74. The minimum absolute atomic E-state index is 0.0612. The van der Waals surface area contributed by atoms with Gasteiger partial charge in [0, 0.05) is 31.9 Å². The van der Waals surface area contributed by atoms with Gasteiger partial charge in [-0.05, 0) is 24.3 Å². The Hall–Kier alpha value is -3.09. The minimum Gasteiger partial charge on any atom is -0.493 e. The van der Waals surface area contributed by atoms with Crippen LogP contribution in [0.1, 0.15) is 0 Å². The van der Waals surface area contributed by atoms with Crippen molar-refractivity contribution >= 4 is 11.7 Å². The van der Waals surface area contributed by atoms with Crippen LogP contribution in [0.15, 0.2) is 48.5 Å². The predicted molar refractivity (Wildman–Crippen MR) is 109 cm³/mol. The average Bonchev–Trinajstić information content (AvgIpc) is 2.77. The number of hydrogen-bond acceptors (Lipinski definition) is 5. The Kier molecular flexibility index (Phi) is 6.84. The summed E-state index contributed by atoms with van der Waals surface area (Å²) in [5.74, 6) is 1.75. The van der Waals surface area contributed by atoms with Gasteiger partial charge in [0.2, 0.25) is 5.75 Å². The van der Waals surface area contributed by atoms with E-state index < -0.39 is 0 Å². The molecule has 28 heavy (non-hydrogen) atoms. The molecule has 7 heteroatoms. The van der Waals surface area contributed by atoms with Crippen LogP contribution >= 0.6 is 0 Å². The second kappa shape index (κ2) is 9.73. The number of benzene rings is 2. The Bertz CT molecular complexity index is 762. The Morgan fingerprint density at radius 2 is 1.64 bits per heavy atom. The molecule has 2 amide bonds. The van der Waals surface area contributed by atoms with Crippen LogP contribution in [0, 0.1) is 0 Å². The van der Waals surface area contributed by atoms with Gasteiger partial charge >= 0.3 is 6.03 Å². The summed E-state index contributed by atoms with van der Waals surface area (Å²) in [5, 5.41) is 2.91. The first-order valence-electron chi connectivity index (χ1n) is 9.39. The molecule has 1 aliphatic rings. The lowest BCUT2D eigenvalue weighted by atomic mass is 10.2. The molecule has 0 atom stereocenters. The number of amides is 2. The number of hydrogen-bond donors (Lipinski definition) is 1. The van der Waals surface area contributed by atoms with Crippen LogP contribution in [-0.4, -0.2) is 64.5 Å². The number of carbonyl (C=O) groups is 1. The summed E-state index contributed by atoms with van der Waals surface area (Å²) in [6, 6.07) is 15.7. The molecule has 2 aromatic carbocycles. The molecule has 1 N–H and O–H groups in total. The lowest BCUT2D eigenvalue weighted by molar-refractivity contribution is 0.191. The molecule has 1 heterocycles. The second-order valence-electron chi connectivity index (χ2n) is 6.38. The number of methoxy groups -OCH3 is 2. The molecular weight excluding hydrogens is 358 g/mol. The number of rotatable bonds is 7. The van der Waals surface area contributed by atoms with Crippen LogP contribution in [0.2, 0.25) is 0 Å². The third kappa shape index (κ3) is 4.79. The van der Waals surface area contributed by atoms with Crippen molar-refractivity contribution in [2.45, 2.75) is 0 Å². The molecule has 0 saturated carbocycles. The summed E-state index contributed by atoms with van der Waals surface area (Å²) in [6.45, 7) is 3.82. The smallest absolute Gasteiger partial charge is 0.317 e. The molecule has 0 radical (unpaired) electrons. The molecule has 1 saturated heterocycles. The standard InChI is InChI=1S/C21H27N3O4/c1-26-18-9-6-10-19(20(18)27-2)28-16-11-22-21(25)24-14-12-23(13-15-24)17-7-4-3-5-8-17/h3-10H,11-16H2,1-2H3,(H,22,25). The highest BCUT2D eigenvalue weighted by Crippen LogP contribution is 2.36. The lowest BCUT2D eigenvalue weighted by Crippen LogP contribution is -2.52.